The average molecular weight is 609 g/mol. The normalized spacial score (nSPS) is 12.0. The van der Waals surface area contributed by atoms with Gasteiger partial charge in [-0.25, -0.2) is 12.8 Å². The fourth-order valence-electron chi connectivity index (χ4n) is 4.15. The largest absolute Gasteiger partial charge is 0.354 e. The number of para-hydroxylation sites is 1. The molecule has 3 rings (SSSR count). The molecule has 0 saturated carbocycles. The standard InChI is InChI=1S/C29H32Cl2FN3O4S/c1-3-5-17-33-29(37)26(4-2)34(19-21-15-16-23(30)24(31)18-21)28(36)20-35(27-14-10-9-13-25(27)32)40(38,39)22-11-7-6-8-12-22/h6-16,18,26H,3-5,17,19-20H2,1-2H3,(H,33,37)/t26-/m1/s1. The van der Waals surface area contributed by atoms with Crippen LogP contribution in [0, 0.1) is 5.82 Å². The molecule has 1 atom stereocenters. The van der Waals surface area contributed by atoms with Crippen LogP contribution in [0.25, 0.3) is 0 Å². The van der Waals surface area contributed by atoms with Crippen LogP contribution in [-0.2, 0) is 26.2 Å². The number of benzene rings is 3. The number of carbonyl (C=O) groups excluding carboxylic acids is 2. The maximum atomic E-state index is 15.0. The molecule has 40 heavy (non-hydrogen) atoms. The first-order valence-electron chi connectivity index (χ1n) is 12.9. The van der Waals surface area contributed by atoms with Crippen molar-refractivity contribution in [2.45, 2.75) is 50.6 Å². The van der Waals surface area contributed by atoms with Crippen LogP contribution in [-0.4, -0.2) is 44.3 Å². The fraction of sp³-hybridized carbons (Fsp3) is 0.310. The summed E-state index contributed by atoms with van der Waals surface area (Å²) in [5.41, 5.74) is 0.306. The first-order chi connectivity index (χ1) is 19.1. The second-order valence-corrected chi connectivity index (χ2v) is 11.8. The maximum absolute atomic E-state index is 15.0. The molecular formula is C29H32Cl2FN3O4S. The number of hydrogen-bond donors (Lipinski definition) is 1. The van der Waals surface area contributed by atoms with E-state index in [1.54, 1.807) is 43.3 Å². The Balaban J connectivity index is 2.05. The predicted octanol–water partition coefficient (Wildman–Crippen LogP) is 6.05. The van der Waals surface area contributed by atoms with Gasteiger partial charge in [0, 0.05) is 13.1 Å². The molecular weight excluding hydrogens is 576 g/mol. The third-order valence-electron chi connectivity index (χ3n) is 6.28. The van der Waals surface area contributed by atoms with Crippen LogP contribution in [0.4, 0.5) is 10.1 Å². The molecule has 1 N–H and O–H groups in total. The molecule has 0 heterocycles. The van der Waals surface area contributed by atoms with Crippen molar-refractivity contribution >= 4 is 50.7 Å². The number of nitrogens with zero attached hydrogens (tertiary/aromatic N) is 2. The highest BCUT2D eigenvalue weighted by Gasteiger charge is 2.34. The van der Waals surface area contributed by atoms with Gasteiger partial charge in [-0.05, 0) is 54.8 Å². The number of hydrogen-bond acceptors (Lipinski definition) is 4. The van der Waals surface area contributed by atoms with Gasteiger partial charge in [-0.2, -0.15) is 0 Å². The van der Waals surface area contributed by atoms with E-state index in [4.69, 9.17) is 23.2 Å². The molecule has 0 fully saturated rings. The van der Waals surface area contributed by atoms with Crippen LogP contribution >= 0.6 is 23.2 Å². The zero-order chi connectivity index (χ0) is 29.3. The van der Waals surface area contributed by atoms with E-state index in [1.807, 2.05) is 6.92 Å². The van der Waals surface area contributed by atoms with Gasteiger partial charge in [0.05, 0.1) is 20.6 Å². The van der Waals surface area contributed by atoms with Crippen molar-refractivity contribution in [3.8, 4) is 0 Å². The molecule has 0 aliphatic rings. The lowest BCUT2D eigenvalue weighted by Gasteiger charge is -2.33. The van der Waals surface area contributed by atoms with E-state index in [1.165, 1.54) is 35.2 Å². The number of nitrogens with one attached hydrogen (secondary N) is 1. The Hall–Kier alpha value is -3.14. The monoisotopic (exact) mass is 607 g/mol. The minimum atomic E-state index is -4.35. The number of amides is 2. The van der Waals surface area contributed by atoms with Crippen molar-refractivity contribution in [3.63, 3.8) is 0 Å². The molecule has 0 aromatic heterocycles. The molecule has 0 aliphatic heterocycles. The fourth-order valence-corrected chi connectivity index (χ4v) is 5.91. The molecule has 11 heteroatoms. The molecule has 3 aromatic carbocycles. The summed E-state index contributed by atoms with van der Waals surface area (Å²) in [6, 6.07) is 16.7. The Morgan fingerprint density at radius 1 is 0.950 bits per heavy atom. The second kappa shape index (κ2) is 14.5. The third-order valence-corrected chi connectivity index (χ3v) is 8.80. The summed E-state index contributed by atoms with van der Waals surface area (Å²) in [7, 11) is -4.35. The first-order valence-corrected chi connectivity index (χ1v) is 15.1. The lowest BCUT2D eigenvalue weighted by atomic mass is 10.1. The predicted molar refractivity (Wildman–Crippen MR) is 156 cm³/mol. The summed E-state index contributed by atoms with van der Waals surface area (Å²) >= 11 is 12.3. The Labute approximate surface area is 244 Å². The third kappa shape index (κ3) is 7.74. The van der Waals surface area contributed by atoms with Crippen molar-refractivity contribution in [3.05, 3.63) is 94.2 Å². The Kier molecular flexibility index (Phi) is 11.4. The molecule has 214 valence electrons. The molecule has 0 spiro atoms. The van der Waals surface area contributed by atoms with Gasteiger partial charge in [0.25, 0.3) is 10.0 Å². The van der Waals surface area contributed by atoms with Crippen LogP contribution in [0.1, 0.15) is 38.7 Å². The zero-order valence-electron chi connectivity index (χ0n) is 22.3. The molecule has 3 aromatic rings. The number of halogens is 3. The van der Waals surface area contributed by atoms with E-state index in [0.717, 1.165) is 23.2 Å². The van der Waals surface area contributed by atoms with E-state index < -0.39 is 34.3 Å². The molecule has 0 unspecified atom stereocenters. The highest BCUT2D eigenvalue weighted by Crippen LogP contribution is 2.28. The van der Waals surface area contributed by atoms with Gasteiger partial charge in [-0.3, -0.25) is 13.9 Å². The first kappa shape index (κ1) is 31.4. The molecule has 0 bridgehead atoms. The lowest BCUT2D eigenvalue weighted by Crippen LogP contribution is -2.52. The Bertz CT molecular complexity index is 1420. The van der Waals surface area contributed by atoms with Crippen LogP contribution in [0.2, 0.25) is 10.0 Å². The molecule has 2 amide bonds. The molecule has 0 saturated heterocycles. The van der Waals surface area contributed by atoms with Crippen molar-refractivity contribution in [2.24, 2.45) is 0 Å². The van der Waals surface area contributed by atoms with E-state index in [9.17, 15) is 22.4 Å². The highest BCUT2D eigenvalue weighted by molar-refractivity contribution is 7.92. The topological polar surface area (TPSA) is 86.8 Å². The number of anilines is 1. The van der Waals surface area contributed by atoms with Crippen LogP contribution < -0.4 is 9.62 Å². The van der Waals surface area contributed by atoms with Gasteiger partial charge >= 0.3 is 0 Å². The molecule has 0 aliphatic carbocycles. The summed E-state index contributed by atoms with van der Waals surface area (Å²) in [5, 5.41) is 3.45. The summed E-state index contributed by atoms with van der Waals surface area (Å²) in [5.74, 6) is -1.87. The molecule has 7 nitrogen and oxygen atoms in total. The van der Waals surface area contributed by atoms with E-state index >= 15 is 0 Å². The number of unbranched alkanes of at least 4 members (excludes halogenated alkanes) is 1. The second-order valence-electron chi connectivity index (χ2n) is 9.11. The lowest BCUT2D eigenvalue weighted by molar-refractivity contribution is -0.140. The van der Waals surface area contributed by atoms with Crippen LogP contribution in [0.15, 0.2) is 77.7 Å². The van der Waals surface area contributed by atoms with Crippen molar-refractivity contribution in [2.75, 3.05) is 17.4 Å². The van der Waals surface area contributed by atoms with Gasteiger partial charge in [0.1, 0.15) is 18.4 Å². The summed E-state index contributed by atoms with van der Waals surface area (Å²) < 4.78 is 43.1. The Morgan fingerprint density at radius 3 is 2.25 bits per heavy atom. The molecule has 0 radical (unpaired) electrons. The summed E-state index contributed by atoms with van der Waals surface area (Å²) in [6.07, 6.45) is 1.90. The maximum Gasteiger partial charge on any atom is 0.264 e. The van der Waals surface area contributed by atoms with Crippen molar-refractivity contribution in [1.29, 1.82) is 0 Å². The van der Waals surface area contributed by atoms with Crippen LogP contribution in [0.5, 0.6) is 0 Å². The summed E-state index contributed by atoms with van der Waals surface area (Å²) in [6.45, 7) is 3.40. The highest BCUT2D eigenvalue weighted by atomic mass is 35.5. The van der Waals surface area contributed by atoms with Gasteiger partial charge in [-0.15, -0.1) is 0 Å². The number of rotatable bonds is 13. The average Bonchev–Trinajstić information content (AvgIpc) is 2.94. The van der Waals surface area contributed by atoms with E-state index in [2.05, 4.69) is 5.32 Å². The van der Waals surface area contributed by atoms with Gasteiger partial charge in [0.15, 0.2) is 0 Å². The van der Waals surface area contributed by atoms with E-state index in [-0.39, 0.29) is 34.5 Å². The SMILES string of the molecule is CCCCNC(=O)[C@@H](CC)N(Cc1ccc(Cl)c(Cl)c1)C(=O)CN(c1ccccc1F)S(=O)(=O)c1ccccc1. The minimum absolute atomic E-state index is 0.0497. The van der Waals surface area contributed by atoms with Gasteiger partial charge in [0.2, 0.25) is 11.8 Å². The van der Waals surface area contributed by atoms with Gasteiger partial charge < -0.3 is 10.2 Å². The minimum Gasteiger partial charge on any atom is -0.354 e. The quantitative estimate of drug-likeness (QED) is 0.240. The van der Waals surface area contributed by atoms with Crippen LogP contribution in [0.3, 0.4) is 0 Å². The zero-order valence-corrected chi connectivity index (χ0v) is 24.6. The number of sulfonamides is 1. The van der Waals surface area contributed by atoms with E-state index in [0.29, 0.717) is 17.1 Å². The number of carbonyl (C=O) groups is 2. The van der Waals surface area contributed by atoms with Gasteiger partial charge in [-0.1, -0.05) is 79.9 Å². The smallest absolute Gasteiger partial charge is 0.264 e. The van der Waals surface area contributed by atoms with Crippen molar-refractivity contribution in [1.82, 2.24) is 10.2 Å². The van der Waals surface area contributed by atoms with Crippen molar-refractivity contribution < 1.29 is 22.4 Å². The Morgan fingerprint density at radius 2 is 1.62 bits per heavy atom. The summed E-state index contributed by atoms with van der Waals surface area (Å²) in [4.78, 5) is 28.4.